The van der Waals surface area contributed by atoms with Gasteiger partial charge >= 0.3 is 0 Å². The smallest absolute Gasteiger partial charge is 0.274 e. The first-order chi connectivity index (χ1) is 13.7. The van der Waals surface area contributed by atoms with Crippen LogP contribution in [0.15, 0.2) is 54.7 Å². The molecule has 1 aromatic heterocycles. The number of para-hydroxylation sites is 2. The van der Waals surface area contributed by atoms with Crippen molar-refractivity contribution < 1.29 is 4.79 Å². The van der Waals surface area contributed by atoms with Crippen LogP contribution in [0.1, 0.15) is 41.0 Å². The fourth-order valence-electron chi connectivity index (χ4n) is 2.94. The van der Waals surface area contributed by atoms with E-state index in [1.54, 1.807) is 36.5 Å². The van der Waals surface area contributed by atoms with Crippen molar-refractivity contribution >= 4 is 23.2 Å². The second kappa shape index (κ2) is 8.78. The predicted octanol–water partition coefficient (Wildman–Crippen LogP) is 4.47. The number of benzene rings is 2. The fourth-order valence-corrected chi connectivity index (χ4v) is 2.94. The molecule has 0 unspecified atom stereocenters. The summed E-state index contributed by atoms with van der Waals surface area (Å²) in [6.45, 7) is 4.19. The number of nitriles is 1. The number of carbonyl (C=O) groups is 1. The van der Waals surface area contributed by atoms with Crippen LogP contribution in [0.3, 0.4) is 0 Å². The summed E-state index contributed by atoms with van der Waals surface area (Å²) in [4.78, 5) is 21.2. The first-order valence-corrected chi connectivity index (χ1v) is 9.17. The summed E-state index contributed by atoms with van der Waals surface area (Å²) < 4.78 is 0. The van der Waals surface area contributed by atoms with Crippen LogP contribution in [0.2, 0.25) is 0 Å². The lowest BCUT2D eigenvalue weighted by molar-refractivity contribution is 0.102. The maximum Gasteiger partial charge on any atom is 0.274 e. The topological polar surface area (TPSA) is 90.7 Å². The van der Waals surface area contributed by atoms with Gasteiger partial charge in [0.2, 0.25) is 5.95 Å². The number of nitrogens with zero attached hydrogens (tertiary/aromatic N) is 3. The van der Waals surface area contributed by atoms with Gasteiger partial charge in [0.1, 0.15) is 11.8 Å². The van der Waals surface area contributed by atoms with Gasteiger partial charge in [-0.1, -0.05) is 44.2 Å². The molecule has 1 heterocycles. The van der Waals surface area contributed by atoms with Gasteiger partial charge < -0.3 is 10.6 Å². The van der Waals surface area contributed by atoms with Crippen molar-refractivity contribution in [1.82, 2.24) is 9.97 Å². The number of amides is 1. The molecule has 1 amide bonds. The van der Waals surface area contributed by atoms with Gasteiger partial charge in [-0.3, -0.25) is 4.79 Å². The summed E-state index contributed by atoms with van der Waals surface area (Å²) in [6, 6.07) is 16.6. The van der Waals surface area contributed by atoms with E-state index in [1.165, 1.54) is 11.1 Å². The second-order valence-electron chi connectivity index (χ2n) is 6.16. The Morgan fingerprint density at radius 1 is 1.04 bits per heavy atom. The molecule has 0 saturated heterocycles. The molecule has 3 aromatic rings. The molecule has 0 aliphatic heterocycles. The van der Waals surface area contributed by atoms with E-state index in [2.05, 4.69) is 52.7 Å². The molecular weight excluding hydrogens is 350 g/mol. The minimum absolute atomic E-state index is 0.220. The highest BCUT2D eigenvalue weighted by atomic mass is 16.1. The lowest BCUT2D eigenvalue weighted by Crippen LogP contribution is -2.15. The number of hydrogen-bond donors (Lipinski definition) is 2. The van der Waals surface area contributed by atoms with E-state index < -0.39 is 5.91 Å². The molecule has 0 bridgehead atoms. The molecule has 0 saturated carbocycles. The van der Waals surface area contributed by atoms with Crippen molar-refractivity contribution in [2.75, 3.05) is 10.6 Å². The second-order valence-corrected chi connectivity index (χ2v) is 6.16. The molecule has 3 rings (SSSR count). The maximum absolute atomic E-state index is 12.6. The van der Waals surface area contributed by atoms with Crippen molar-refractivity contribution in [2.45, 2.75) is 26.7 Å². The quantitative estimate of drug-likeness (QED) is 0.667. The average Bonchev–Trinajstić information content (AvgIpc) is 2.74. The molecule has 0 spiro atoms. The van der Waals surface area contributed by atoms with Crippen LogP contribution in [0.25, 0.3) is 0 Å². The van der Waals surface area contributed by atoms with Gasteiger partial charge in [-0.25, -0.2) is 9.97 Å². The van der Waals surface area contributed by atoms with E-state index in [1.807, 2.05) is 6.07 Å². The first kappa shape index (κ1) is 19.1. The zero-order valence-corrected chi connectivity index (χ0v) is 15.9. The third-order valence-electron chi connectivity index (χ3n) is 4.42. The number of aromatic nitrogens is 2. The number of aryl methyl sites for hydroxylation is 2. The van der Waals surface area contributed by atoms with Gasteiger partial charge in [0.15, 0.2) is 0 Å². The standard InChI is InChI=1S/C22H21N5O/c1-3-15-9-7-10-16(4-2)20(15)27-22-24-13-12-19(26-22)21(28)25-18-11-6-5-8-17(18)14-23/h5-13H,3-4H2,1-2H3,(H,25,28)(H,24,26,27). The number of nitrogens with one attached hydrogen (secondary N) is 2. The molecule has 28 heavy (non-hydrogen) atoms. The Morgan fingerprint density at radius 2 is 1.75 bits per heavy atom. The third-order valence-corrected chi connectivity index (χ3v) is 4.42. The fraction of sp³-hybridized carbons (Fsp3) is 0.182. The van der Waals surface area contributed by atoms with Crippen molar-refractivity contribution in [3.05, 3.63) is 77.1 Å². The molecule has 0 fully saturated rings. The highest BCUT2D eigenvalue weighted by Gasteiger charge is 2.13. The van der Waals surface area contributed by atoms with E-state index >= 15 is 0 Å². The van der Waals surface area contributed by atoms with E-state index in [4.69, 9.17) is 0 Å². The van der Waals surface area contributed by atoms with E-state index in [-0.39, 0.29) is 5.69 Å². The summed E-state index contributed by atoms with van der Waals surface area (Å²) in [5.74, 6) is -0.0375. The summed E-state index contributed by atoms with van der Waals surface area (Å²) in [6.07, 6.45) is 3.29. The van der Waals surface area contributed by atoms with Crippen LogP contribution in [-0.2, 0) is 12.8 Å². The highest BCUT2D eigenvalue weighted by Crippen LogP contribution is 2.25. The van der Waals surface area contributed by atoms with E-state index in [9.17, 15) is 10.1 Å². The summed E-state index contributed by atoms with van der Waals surface area (Å²) in [5, 5.41) is 15.2. The molecule has 0 radical (unpaired) electrons. The molecule has 6 heteroatoms. The van der Waals surface area contributed by atoms with Crippen molar-refractivity contribution in [3.63, 3.8) is 0 Å². The third kappa shape index (κ3) is 4.15. The molecule has 6 nitrogen and oxygen atoms in total. The minimum Gasteiger partial charge on any atom is -0.324 e. The number of rotatable bonds is 6. The maximum atomic E-state index is 12.6. The monoisotopic (exact) mass is 371 g/mol. The normalized spacial score (nSPS) is 10.2. The average molecular weight is 371 g/mol. The summed E-state index contributed by atoms with van der Waals surface area (Å²) in [7, 11) is 0. The highest BCUT2D eigenvalue weighted by molar-refractivity contribution is 6.03. The van der Waals surface area contributed by atoms with Gasteiger partial charge in [-0.05, 0) is 42.2 Å². The Morgan fingerprint density at radius 3 is 2.43 bits per heavy atom. The van der Waals surface area contributed by atoms with Crippen LogP contribution < -0.4 is 10.6 Å². The zero-order valence-electron chi connectivity index (χ0n) is 15.9. The van der Waals surface area contributed by atoms with Crippen molar-refractivity contribution in [2.24, 2.45) is 0 Å². The van der Waals surface area contributed by atoms with Crippen LogP contribution in [-0.4, -0.2) is 15.9 Å². The van der Waals surface area contributed by atoms with Gasteiger partial charge in [0, 0.05) is 11.9 Å². The molecule has 2 aromatic carbocycles. The Kier molecular flexibility index (Phi) is 5.97. The van der Waals surface area contributed by atoms with Gasteiger partial charge in [-0.2, -0.15) is 5.26 Å². The van der Waals surface area contributed by atoms with E-state index in [0.717, 1.165) is 18.5 Å². The summed E-state index contributed by atoms with van der Waals surface area (Å²) in [5.41, 5.74) is 4.39. The zero-order chi connectivity index (χ0) is 19.9. The summed E-state index contributed by atoms with van der Waals surface area (Å²) >= 11 is 0. The first-order valence-electron chi connectivity index (χ1n) is 9.17. The minimum atomic E-state index is -0.396. The Labute approximate surface area is 164 Å². The Bertz CT molecular complexity index is 1020. The molecule has 0 aliphatic rings. The molecular formula is C22H21N5O. The van der Waals surface area contributed by atoms with Crippen molar-refractivity contribution in [3.8, 4) is 6.07 Å². The largest absolute Gasteiger partial charge is 0.324 e. The number of carbonyl (C=O) groups excluding carboxylic acids is 1. The number of anilines is 3. The van der Waals surface area contributed by atoms with Crippen LogP contribution in [0.5, 0.6) is 0 Å². The van der Waals surface area contributed by atoms with E-state index in [0.29, 0.717) is 17.2 Å². The Hall–Kier alpha value is -3.72. The van der Waals surface area contributed by atoms with Crippen LogP contribution in [0, 0.1) is 11.3 Å². The SMILES string of the molecule is CCc1cccc(CC)c1Nc1nccc(C(=O)Nc2ccccc2C#N)n1. The lowest BCUT2D eigenvalue weighted by atomic mass is 10.0. The van der Waals surface area contributed by atoms with Crippen LogP contribution >= 0.6 is 0 Å². The molecule has 2 N–H and O–H groups in total. The van der Waals surface area contributed by atoms with Crippen molar-refractivity contribution in [1.29, 1.82) is 5.26 Å². The molecule has 0 atom stereocenters. The molecule has 140 valence electrons. The van der Waals surface area contributed by atoms with Crippen LogP contribution in [0.4, 0.5) is 17.3 Å². The van der Waals surface area contributed by atoms with Gasteiger partial charge in [-0.15, -0.1) is 0 Å². The number of hydrogen-bond acceptors (Lipinski definition) is 5. The predicted molar refractivity (Wildman–Crippen MR) is 110 cm³/mol. The van der Waals surface area contributed by atoms with Gasteiger partial charge in [0.25, 0.3) is 5.91 Å². The Balaban J connectivity index is 1.85. The van der Waals surface area contributed by atoms with Gasteiger partial charge in [0.05, 0.1) is 11.3 Å². The molecule has 0 aliphatic carbocycles. The lowest BCUT2D eigenvalue weighted by Gasteiger charge is -2.14.